The molecule has 4 aromatic heterocycles. The first-order chi connectivity index (χ1) is 39.7. The molecule has 17 rings (SSSR count). The second-order valence-electron chi connectivity index (χ2n) is 20.9. The van der Waals surface area contributed by atoms with Crippen molar-refractivity contribution in [2.24, 2.45) is 0 Å². The molecule has 0 amide bonds. The topological polar surface area (TPSA) is 42.6 Å². The van der Waals surface area contributed by atoms with Crippen molar-refractivity contribution < 1.29 is 8.83 Å². The van der Waals surface area contributed by atoms with E-state index in [2.05, 4.69) is 298 Å². The lowest BCUT2D eigenvalue weighted by Gasteiger charge is -2.26. The van der Waals surface area contributed by atoms with E-state index in [4.69, 9.17) is 8.83 Å². The summed E-state index contributed by atoms with van der Waals surface area (Å²) in [5.74, 6) is 0. The van der Waals surface area contributed by atoms with Gasteiger partial charge in [0.1, 0.15) is 22.3 Å². The summed E-state index contributed by atoms with van der Waals surface area (Å²) in [6.07, 6.45) is 0. The fourth-order valence-electron chi connectivity index (χ4n) is 12.8. The minimum atomic E-state index is 0.797. The largest absolute Gasteiger partial charge is 0.455 e. The number of aromatic nitrogens is 2. The number of para-hydroxylation sites is 6. The molecule has 0 unspecified atom stereocenters. The first-order valence-corrected chi connectivity index (χ1v) is 27.2. The molecule has 4 heterocycles. The zero-order valence-electron chi connectivity index (χ0n) is 43.2. The highest BCUT2D eigenvalue weighted by molar-refractivity contribution is 6.22. The molecule has 0 aliphatic rings. The number of fused-ring (bicyclic) bond motifs is 16. The smallest absolute Gasteiger partial charge is 0.143 e. The summed E-state index contributed by atoms with van der Waals surface area (Å²) < 4.78 is 18.5. The average Bonchev–Trinajstić information content (AvgIpc) is 4.38. The summed E-state index contributed by atoms with van der Waals surface area (Å²) in [7, 11) is 0. The molecule has 6 heteroatoms. The summed E-state index contributed by atoms with van der Waals surface area (Å²) in [4.78, 5) is 4.71. The van der Waals surface area contributed by atoms with Crippen molar-refractivity contribution in [2.75, 3.05) is 9.80 Å². The van der Waals surface area contributed by atoms with E-state index in [1.165, 1.54) is 43.6 Å². The van der Waals surface area contributed by atoms with Crippen LogP contribution in [-0.4, -0.2) is 9.13 Å². The van der Waals surface area contributed by atoms with Gasteiger partial charge in [-0.05, 0) is 162 Å². The summed E-state index contributed by atoms with van der Waals surface area (Å²) in [5.41, 5.74) is 16.8. The molecule has 0 aliphatic carbocycles. The van der Waals surface area contributed by atoms with E-state index in [0.29, 0.717) is 0 Å². The van der Waals surface area contributed by atoms with Crippen LogP contribution in [0.5, 0.6) is 0 Å². The van der Waals surface area contributed by atoms with Crippen molar-refractivity contribution in [1.82, 2.24) is 9.13 Å². The van der Waals surface area contributed by atoms with Gasteiger partial charge < -0.3 is 27.8 Å². The third-order valence-electron chi connectivity index (χ3n) is 16.4. The molecule has 17 aromatic rings. The number of rotatable bonds is 8. The standard InChI is InChI=1S/C74H46N4O2/c1-5-17-49(18-6-1)75(55-33-39-69-63(43-55)59-25-13-15-27-67(59)77(69)51-21-9-3-10-22-51)53-31-37-57-47(41-53)29-35-61-65-45-66-62-36-30-48-42-54(32-38-58(48)74(62)80-72(66)46-71(65)79-73(57)61)76(50-19-7-2-8-20-50)56-34-40-70-64(44-56)60-26-14-16-28-68(60)78(70)52-23-11-4-12-24-52/h1-46H. The van der Waals surface area contributed by atoms with Crippen molar-refractivity contribution in [2.45, 2.75) is 0 Å². The van der Waals surface area contributed by atoms with Gasteiger partial charge in [0.2, 0.25) is 0 Å². The van der Waals surface area contributed by atoms with Crippen LogP contribution in [0.2, 0.25) is 0 Å². The molecule has 0 spiro atoms. The molecule has 0 aliphatic heterocycles. The van der Waals surface area contributed by atoms with E-state index in [1.807, 2.05) is 0 Å². The van der Waals surface area contributed by atoms with Crippen molar-refractivity contribution in [1.29, 1.82) is 0 Å². The SMILES string of the molecule is c1ccc(N(c2ccc3c(ccc4c5cc6c(cc5oc34)oc3c4ccc(N(c5ccccc5)c5ccc7c(c5)c5ccccc5n7-c5ccccc5)cc4ccc63)c2)c2ccc3c(c2)c2ccccc2n3-c2ccccc2)cc1. The molecule has 13 aromatic carbocycles. The van der Waals surface area contributed by atoms with Crippen LogP contribution in [0.15, 0.2) is 288 Å². The normalized spacial score (nSPS) is 12.0. The first-order valence-electron chi connectivity index (χ1n) is 27.2. The number of nitrogens with zero attached hydrogens (tertiary/aromatic N) is 4. The number of anilines is 6. The van der Waals surface area contributed by atoms with E-state index >= 15 is 0 Å². The third kappa shape index (κ3) is 6.72. The Morgan fingerprint density at radius 2 is 0.588 bits per heavy atom. The molecular weight excluding hydrogens is 977 g/mol. The van der Waals surface area contributed by atoms with Crippen LogP contribution in [0, 0.1) is 0 Å². The predicted octanol–water partition coefficient (Wildman–Crippen LogP) is 20.9. The summed E-state index contributed by atoms with van der Waals surface area (Å²) in [6.45, 7) is 0. The highest BCUT2D eigenvalue weighted by Crippen LogP contribution is 2.46. The molecule has 80 heavy (non-hydrogen) atoms. The van der Waals surface area contributed by atoms with Gasteiger partial charge in [-0.25, -0.2) is 0 Å². The van der Waals surface area contributed by atoms with Crippen LogP contribution in [0.25, 0.3) is 120 Å². The fourth-order valence-corrected chi connectivity index (χ4v) is 12.8. The maximum Gasteiger partial charge on any atom is 0.143 e. The molecular formula is C74H46N4O2. The number of furan rings is 2. The van der Waals surface area contributed by atoms with Crippen LogP contribution >= 0.6 is 0 Å². The van der Waals surface area contributed by atoms with E-state index in [1.54, 1.807) is 0 Å². The van der Waals surface area contributed by atoms with Gasteiger partial charge in [-0.2, -0.15) is 0 Å². The maximum atomic E-state index is 6.87. The van der Waals surface area contributed by atoms with Gasteiger partial charge in [0, 0.05) is 105 Å². The molecule has 0 fully saturated rings. The molecule has 6 nitrogen and oxygen atoms in total. The zero-order chi connectivity index (χ0) is 52.4. The van der Waals surface area contributed by atoms with Gasteiger partial charge in [0.05, 0.1) is 22.1 Å². The van der Waals surface area contributed by atoms with Crippen molar-refractivity contribution in [3.63, 3.8) is 0 Å². The second-order valence-corrected chi connectivity index (χ2v) is 20.9. The minimum Gasteiger partial charge on any atom is -0.455 e. The molecule has 0 radical (unpaired) electrons. The number of hydrogen-bond donors (Lipinski definition) is 0. The Labute approximate surface area is 459 Å². The van der Waals surface area contributed by atoms with Crippen LogP contribution in [0.4, 0.5) is 34.1 Å². The minimum absolute atomic E-state index is 0.797. The lowest BCUT2D eigenvalue weighted by molar-refractivity contribution is 0.660. The van der Waals surface area contributed by atoms with Gasteiger partial charge in [-0.1, -0.05) is 121 Å². The van der Waals surface area contributed by atoms with E-state index in [0.717, 1.165) is 111 Å². The molecule has 0 atom stereocenters. The average molecular weight is 1020 g/mol. The summed E-state index contributed by atoms with van der Waals surface area (Å²) in [5, 5.41) is 13.4. The Kier molecular flexibility index (Phi) is 9.61. The Bertz CT molecular complexity index is 4980. The van der Waals surface area contributed by atoms with Gasteiger partial charge in [-0.15, -0.1) is 0 Å². The molecule has 0 saturated carbocycles. The van der Waals surface area contributed by atoms with Crippen LogP contribution < -0.4 is 9.80 Å². The van der Waals surface area contributed by atoms with Crippen molar-refractivity contribution in [3.8, 4) is 11.4 Å². The molecule has 0 bridgehead atoms. The number of benzene rings is 13. The quantitative estimate of drug-likeness (QED) is 0.152. The van der Waals surface area contributed by atoms with Crippen LogP contribution in [-0.2, 0) is 0 Å². The van der Waals surface area contributed by atoms with Gasteiger partial charge >= 0.3 is 0 Å². The monoisotopic (exact) mass is 1020 g/mol. The highest BCUT2D eigenvalue weighted by atomic mass is 16.3. The van der Waals surface area contributed by atoms with Crippen molar-refractivity contribution in [3.05, 3.63) is 279 Å². The first kappa shape index (κ1) is 44.3. The Hall–Kier alpha value is -10.8. The van der Waals surface area contributed by atoms with Crippen LogP contribution in [0.3, 0.4) is 0 Å². The Balaban J connectivity index is 0.747. The van der Waals surface area contributed by atoms with E-state index in [9.17, 15) is 0 Å². The third-order valence-corrected chi connectivity index (χ3v) is 16.4. The van der Waals surface area contributed by atoms with Gasteiger partial charge in [-0.3, -0.25) is 0 Å². The van der Waals surface area contributed by atoms with Gasteiger partial charge in [0.15, 0.2) is 0 Å². The Morgan fingerprint density at radius 1 is 0.225 bits per heavy atom. The maximum absolute atomic E-state index is 6.87. The van der Waals surface area contributed by atoms with Gasteiger partial charge in [0.25, 0.3) is 0 Å². The zero-order valence-corrected chi connectivity index (χ0v) is 43.2. The Morgan fingerprint density at radius 3 is 1.04 bits per heavy atom. The summed E-state index contributed by atoms with van der Waals surface area (Å²) >= 11 is 0. The second kappa shape index (κ2) is 17.3. The number of hydrogen-bond acceptors (Lipinski definition) is 4. The fraction of sp³-hybridized carbons (Fsp3) is 0. The summed E-state index contributed by atoms with van der Waals surface area (Å²) in [6, 6.07) is 100. The lowest BCUT2D eigenvalue weighted by Crippen LogP contribution is -2.09. The predicted molar refractivity (Wildman–Crippen MR) is 334 cm³/mol. The van der Waals surface area contributed by atoms with E-state index < -0.39 is 0 Å². The molecule has 0 N–H and O–H groups in total. The molecule has 0 saturated heterocycles. The van der Waals surface area contributed by atoms with Crippen molar-refractivity contribution >= 4 is 143 Å². The molecule has 374 valence electrons. The van der Waals surface area contributed by atoms with E-state index in [-0.39, 0.29) is 0 Å². The van der Waals surface area contributed by atoms with Crippen LogP contribution in [0.1, 0.15) is 0 Å². The highest BCUT2D eigenvalue weighted by Gasteiger charge is 2.22. The lowest BCUT2D eigenvalue weighted by atomic mass is 10.0.